The molecule has 0 bridgehead atoms. The molecule has 0 aliphatic carbocycles. The van der Waals surface area contributed by atoms with Crippen molar-refractivity contribution < 1.29 is 8.78 Å². The highest BCUT2D eigenvalue weighted by molar-refractivity contribution is 6.30. The molecule has 4 heterocycles. The van der Waals surface area contributed by atoms with E-state index in [4.69, 9.17) is 16.6 Å². The van der Waals surface area contributed by atoms with Crippen molar-refractivity contribution in [2.75, 3.05) is 56.1 Å². The summed E-state index contributed by atoms with van der Waals surface area (Å²) < 4.78 is 28.5. The molecule has 24 heavy (non-hydrogen) atoms. The molecule has 2 fully saturated rings. The Morgan fingerprint density at radius 2 is 1.71 bits per heavy atom. The van der Waals surface area contributed by atoms with Gasteiger partial charge in [-0.05, 0) is 7.05 Å². The van der Waals surface area contributed by atoms with Gasteiger partial charge in [-0.1, -0.05) is 11.6 Å². The van der Waals surface area contributed by atoms with E-state index in [1.807, 2.05) is 11.6 Å². The van der Waals surface area contributed by atoms with Crippen molar-refractivity contribution in [3.8, 4) is 0 Å². The summed E-state index contributed by atoms with van der Waals surface area (Å²) in [6.45, 7) is 3.02. The van der Waals surface area contributed by atoms with E-state index in [-0.39, 0.29) is 13.1 Å². The first-order valence-electron chi connectivity index (χ1n) is 7.93. The van der Waals surface area contributed by atoms with E-state index < -0.39 is 5.92 Å². The van der Waals surface area contributed by atoms with Gasteiger partial charge in [0.25, 0.3) is 5.92 Å². The van der Waals surface area contributed by atoms with Crippen LogP contribution in [0, 0.1) is 0 Å². The van der Waals surface area contributed by atoms with E-state index in [0.717, 1.165) is 37.6 Å². The molecule has 0 N–H and O–H groups in total. The van der Waals surface area contributed by atoms with Crippen LogP contribution < -0.4 is 9.80 Å². The number of likely N-dealkylation sites (N-methyl/N-ethyl adjacent to an activating group) is 1. The lowest BCUT2D eigenvalue weighted by Crippen LogP contribution is -2.56. The van der Waals surface area contributed by atoms with Crippen molar-refractivity contribution in [2.24, 2.45) is 7.05 Å². The summed E-state index contributed by atoms with van der Waals surface area (Å²) in [6.07, 6.45) is 0. The molecule has 0 radical (unpaired) electrons. The molecular weight excluding hydrogens is 338 g/mol. The number of halogens is 3. The first-order chi connectivity index (χ1) is 11.3. The Bertz CT molecular complexity index is 776. The molecule has 0 spiro atoms. The number of imidazole rings is 1. The summed E-state index contributed by atoms with van der Waals surface area (Å²) in [6, 6.07) is 1.74. The van der Waals surface area contributed by atoms with E-state index in [0.29, 0.717) is 16.5 Å². The Kier molecular flexibility index (Phi) is 3.58. The molecule has 2 aromatic rings. The molecule has 9 heteroatoms. The number of piperazine rings is 1. The standard InChI is InChI=1S/C15H19ClF2N6/c1-21-3-5-23(6-4-21)14-20-12-10(22(14)2)7-11(16)19-13(12)24-8-15(17,18)9-24/h7H,3-6,8-9H2,1-2H3. The zero-order valence-corrected chi connectivity index (χ0v) is 14.4. The van der Waals surface area contributed by atoms with Crippen LogP contribution in [0.25, 0.3) is 11.0 Å². The van der Waals surface area contributed by atoms with Gasteiger partial charge in [-0.3, -0.25) is 0 Å². The van der Waals surface area contributed by atoms with Gasteiger partial charge in [0.15, 0.2) is 5.82 Å². The minimum absolute atomic E-state index is 0.292. The van der Waals surface area contributed by atoms with Crippen LogP contribution in [0.4, 0.5) is 20.5 Å². The average Bonchev–Trinajstić information content (AvgIpc) is 2.82. The minimum atomic E-state index is -2.66. The number of aryl methyl sites for hydroxylation is 1. The summed E-state index contributed by atoms with van der Waals surface area (Å²) in [4.78, 5) is 15.0. The van der Waals surface area contributed by atoms with Crippen molar-refractivity contribution in [1.82, 2.24) is 19.4 Å². The maximum absolute atomic E-state index is 13.2. The van der Waals surface area contributed by atoms with Crippen LogP contribution >= 0.6 is 11.6 Å². The summed E-state index contributed by atoms with van der Waals surface area (Å²) in [5.41, 5.74) is 1.44. The molecule has 0 amide bonds. The Morgan fingerprint density at radius 1 is 1.04 bits per heavy atom. The van der Waals surface area contributed by atoms with E-state index >= 15 is 0 Å². The number of anilines is 2. The number of fused-ring (bicyclic) bond motifs is 1. The maximum Gasteiger partial charge on any atom is 0.282 e. The van der Waals surface area contributed by atoms with Crippen LogP contribution in [-0.4, -0.2) is 71.7 Å². The lowest BCUT2D eigenvalue weighted by Gasteiger charge is -2.39. The molecule has 2 saturated heterocycles. The number of hydrogen-bond acceptors (Lipinski definition) is 5. The van der Waals surface area contributed by atoms with Gasteiger partial charge < -0.3 is 19.3 Å². The third-order valence-electron chi connectivity index (χ3n) is 4.73. The average molecular weight is 357 g/mol. The van der Waals surface area contributed by atoms with Crippen LogP contribution in [0.3, 0.4) is 0 Å². The van der Waals surface area contributed by atoms with Crippen LogP contribution in [0.5, 0.6) is 0 Å². The molecule has 2 aliphatic rings. The van der Waals surface area contributed by atoms with Gasteiger partial charge in [0.2, 0.25) is 5.95 Å². The predicted molar refractivity (Wildman–Crippen MR) is 90.4 cm³/mol. The van der Waals surface area contributed by atoms with Gasteiger partial charge in [0, 0.05) is 39.3 Å². The zero-order valence-electron chi connectivity index (χ0n) is 13.6. The highest BCUT2D eigenvalue weighted by Gasteiger charge is 2.45. The number of rotatable bonds is 2. The van der Waals surface area contributed by atoms with Crippen molar-refractivity contribution in [3.63, 3.8) is 0 Å². The molecular formula is C15H19ClF2N6. The number of hydrogen-bond donors (Lipinski definition) is 0. The topological polar surface area (TPSA) is 40.4 Å². The Balaban J connectivity index is 1.74. The number of nitrogens with zero attached hydrogens (tertiary/aromatic N) is 6. The third kappa shape index (κ3) is 2.57. The predicted octanol–water partition coefficient (Wildman–Crippen LogP) is 1.83. The maximum atomic E-state index is 13.2. The Hall–Kier alpha value is -1.67. The number of aromatic nitrogens is 3. The summed E-state index contributed by atoms with van der Waals surface area (Å²) >= 11 is 6.12. The summed E-state index contributed by atoms with van der Waals surface area (Å²) in [5.74, 6) is -1.39. The molecule has 0 aromatic carbocycles. The molecule has 4 rings (SSSR count). The van der Waals surface area contributed by atoms with Gasteiger partial charge >= 0.3 is 0 Å². The van der Waals surface area contributed by atoms with Crippen LogP contribution in [-0.2, 0) is 7.05 Å². The van der Waals surface area contributed by atoms with Crippen molar-refractivity contribution in [1.29, 1.82) is 0 Å². The Labute approximate surface area is 143 Å². The second kappa shape index (κ2) is 5.42. The molecule has 0 atom stereocenters. The van der Waals surface area contributed by atoms with E-state index in [1.54, 1.807) is 6.07 Å². The normalized spacial score (nSPS) is 21.4. The molecule has 130 valence electrons. The van der Waals surface area contributed by atoms with Crippen molar-refractivity contribution >= 4 is 34.4 Å². The van der Waals surface area contributed by atoms with Gasteiger partial charge in [0.1, 0.15) is 10.7 Å². The molecule has 6 nitrogen and oxygen atoms in total. The third-order valence-corrected chi connectivity index (χ3v) is 4.92. The second-order valence-corrected chi connectivity index (χ2v) is 7.00. The number of pyridine rings is 1. The van der Waals surface area contributed by atoms with Gasteiger partial charge in [-0.2, -0.15) is 0 Å². The Morgan fingerprint density at radius 3 is 2.33 bits per heavy atom. The van der Waals surface area contributed by atoms with Crippen LogP contribution in [0.2, 0.25) is 5.15 Å². The van der Waals surface area contributed by atoms with Gasteiger partial charge in [-0.25, -0.2) is 18.7 Å². The molecule has 0 saturated carbocycles. The highest BCUT2D eigenvalue weighted by Crippen LogP contribution is 2.36. The van der Waals surface area contributed by atoms with Crippen LogP contribution in [0.15, 0.2) is 6.07 Å². The fourth-order valence-corrected chi connectivity index (χ4v) is 3.48. The fraction of sp³-hybridized carbons (Fsp3) is 0.600. The molecule has 0 unspecified atom stereocenters. The quantitative estimate of drug-likeness (QED) is 0.768. The smallest absolute Gasteiger partial charge is 0.282 e. The largest absolute Gasteiger partial charge is 0.342 e. The molecule has 2 aromatic heterocycles. The zero-order chi connectivity index (χ0) is 17.1. The lowest BCUT2D eigenvalue weighted by atomic mass is 10.1. The SMILES string of the molecule is CN1CCN(c2nc3c(N4CC(F)(F)C4)nc(Cl)cc3n2C)CC1. The van der Waals surface area contributed by atoms with Crippen molar-refractivity contribution in [3.05, 3.63) is 11.2 Å². The second-order valence-electron chi connectivity index (χ2n) is 6.61. The van der Waals surface area contributed by atoms with E-state index in [9.17, 15) is 8.78 Å². The first-order valence-corrected chi connectivity index (χ1v) is 8.31. The van der Waals surface area contributed by atoms with E-state index in [2.05, 4.69) is 21.8 Å². The van der Waals surface area contributed by atoms with Gasteiger partial charge in [-0.15, -0.1) is 0 Å². The lowest BCUT2D eigenvalue weighted by molar-refractivity contribution is -0.0265. The van der Waals surface area contributed by atoms with Crippen molar-refractivity contribution in [2.45, 2.75) is 5.92 Å². The molecule has 2 aliphatic heterocycles. The fourth-order valence-electron chi connectivity index (χ4n) is 3.30. The summed E-state index contributed by atoms with van der Waals surface area (Å²) in [5, 5.41) is 0.292. The number of alkyl halides is 2. The summed E-state index contributed by atoms with van der Waals surface area (Å²) in [7, 11) is 4.02. The minimum Gasteiger partial charge on any atom is -0.342 e. The van der Waals surface area contributed by atoms with Gasteiger partial charge in [0.05, 0.1) is 18.6 Å². The monoisotopic (exact) mass is 356 g/mol. The van der Waals surface area contributed by atoms with E-state index in [1.165, 1.54) is 4.90 Å². The highest BCUT2D eigenvalue weighted by atomic mass is 35.5. The first kappa shape index (κ1) is 15.8. The van der Waals surface area contributed by atoms with Crippen LogP contribution in [0.1, 0.15) is 0 Å².